The molecule has 0 N–H and O–H groups in total. The molecule has 5 atom stereocenters. The van der Waals surface area contributed by atoms with Gasteiger partial charge < -0.3 is 14.2 Å². The van der Waals surface area contributed by atoms with Crippen LogP contribution in [-0.2, 0) is 23.8 Å². The van der Waals surface area contributed by atoms with Gasteiger partial charge in [0.2, 0.25) is 0 Å². The summed E-state index contributed by atoms with van der Waals surface area (Å²) in [7, 11) is 0. The van der Waals surface area contributed by atoms with Crippen LogP contribution in [0.15, 0.2) is 12.2 Å². The van der Waals surface area contributed by atoms with E-state index in [-0.39, 0.29) is 30.0 Å². The number of rotatable bonds is 2. The van der Waals surface area contributed by atoms with Crippen molar-refractivity contribution in [2.24, 2.45) is 11.8 Å². The lowest BCUT2D eigenvalue weighted by molar-refractivity contribution is -0.148. The molecule has 3 fully saturated rings. The number of hydrogen-bond donors (Lipinski definition) is 0. The fraction of sp³-hybridized carbons (Fsp3) is 0.692. The van der Waals surface area contributed by atoms with E-state index < -0.39 is 11.6 Å². The number of esters is 2. The highest BCUT2D eigenvalue weighted by Crippen LogP contribution is 2.54. The molecular formula is C13H16O5. The number of carbonyl (C=O) groups excluding carboxylic acids is 2. The van der Waals surface area contributed by atoms with Gasteiger partial charge in [-0.2, -0.15) is 0 Å². The Balaban J connectivity index is 1.79. The average Bonchev–Trinajstić information content (AvgIpc) is 2.88. The molecular weight excluding hydrogens is 236 g/mol. The molecule has 3 aliphatic rings. The Hall–Kier alpha value is -1.36. The molecule has 0 amide bonds. The molecule has 18 heavy (non-hydrogen) atoms. The molecule has 2 bridgehead atoms. The van der Waals surface area contributed by atoms with Crippen molar-refractivity contribution in [3.8, 4) is 0 Å². The molecule has 0 aliphatic carbocycles. The predicted octanol–water partition coefficient (Wildman–Crippen LogP) is 0.825. The molecule has 0 saturated carbocycles. The van der Waals surface area contributed by atoms with Gasteiger partial charge in [0, 0.05) is 17.9 Å². The van der Waals surface area contributed by atoms with Crippen molar-refractivity contribution >= 4 is 11.9 Å². The molecule has 3 saturated heterocycles. The fourth-order valence-electron chi connectivity index (χ4n) is 3.39. The van der Waals surface area contributed by atoms with Gasteiger partial charge in [-0.3, -0.25) is 4.79 Å². The summed E-state index contributed by atoms with van der Waals surface area (Å²) in [6.07, 6.45) is 0.0251. The third kappa shape index (κ3) is 1.43. The van der Waals surface area contributed by atoms with Gasteiger partial charge in [0.05, 0.1) is 18.1 Å². The van der Waals surface area contributed by atoms with Crippen molar-refractivity contribution in [3.05, 3.63) is 12.2 Å². The van der Waals surface area contributed by atoms with E-state index in [1.54, 1.807) is 6.92 Å². The summed E-state index contributed by atoms with van der Waals surface area (Å²) in [6.45, 7) is 7.44. The van der Waals surface area contributed by atoms with Crippen molar-refractivity contribution in [1.29, 1.82) is 0 Å². The average molecular weight is 252 g/mol. The summed E-state index contributed by atoms with van der Waals surface area (Å²) < 4.78 is 16.4. The SMILES string of the molecule is C=C(C)C(=O)OC1CC2(C)OC1C1COC(=O)C12. The summed E-state index contributed by atoms with van der Waals surface area (Å²) in [4.78, 5) is 23.2. The first kappa shape index (κ1) is 11.7. The molecule has 5 nitrogen and oxygen atoms in total. The lowest BCUT2D eigenvalue weighted by Gasteiger charge is -2.29. The quantitative estimate of drug-likeness (QED) is 0.538. The van der Waals surface area contributed by atoms with Crippen LogP contribution >= 0.6 is 0 Å². The minimum absolute atomic E-state index is 0.0131. The fourth-order valence-corrected chi connectivity index (χ4v) is 3.39. The maximum atomic E-state index is 11.7. The maximum Gasteiger partial charge on any atom is 0.333 e. The maximum absolute atomic E-state index is 11.7. The molecule has 5 unspecified atom stereocenters. The summed E-state index contributed by atoms with van der Waals surface area (Å²) in [5.41, 5.74) is -0.179. The van der Waals surface area contributed by atoms with Crippen LogP contribution in [-0.4, -0.2) is 36.4 Å². The van der Waals surface area contributed by atoms with Crippen LogP contribution in [0.25, 0.3) is 0 Å². The minimum Gasteiger partial charge on any atom is -0.465 e. The summed E-state index contributed by atoms with van der Waals surface area (Å²) >= 11 is 0. The van der Waals surface area contributed by atoms with Crippen LogP contribution in [0.2, 0.25) is 0 Å². The number of cyclic esters (lactones) is 1. The van der Waals surface area contributed by atoms with Crippen LogP contribution < -0.4 is 0 Å². The predicted molar refractivity (Wildman–Crippen MR) is 60.5 cm³/mol. The highest BCUT2D eigenvalue weighted by Gasteiger charge is 2.67. The van der Waals surface area contributed by atoms with Crippen LogP contribution in [0.5, 0.6) is 0 Å². The zero-order valence-electron chi connectivity index (χ0n) is 10.5. The van der Waals surface area contributed by atoms with Crippen LogP contribution in [0.3, 0.4) is 0 Å². The van der Waals surface area contributed by atoms with Gasteiger partial charge in [0.25, 0.3) is 0 Å². The number of fused-ring (bicyclic) bond motifs is 5. The Morgan fingerprint density at radius 1 is 1.56 bits per heavy atom. The smallest absolute Gasteiger partial charge is 0.333 e. The largest absolute Gasteiger partial charge is 0.465 e. The monoisotopic (exact) mass is 252 g/mol. The van der Waals surface area contributed by atoms with Crippen LogP contribution in [0, 0.1) is 11.8 Å². The lowest BCUT2D eigenvalue weighted by atomic mass is 9.73. The first-order valence-corrected chi connectivity index (χ1v) is 6.13. The van der Waals surface area contributed by atoms with Crippen molar-refractivity contribution in [1.82, 2.24) is 0 Å². The Morgan fingerprint density at radius 2 is 2.28 bits per heavy atom. The van der Waals surface area contributed by atoms with Crippen LogP contribution in [0.1, 0.15) is 20.3 Å². The van der Waals surface area contributed by atoms with E-state index in [9.17, 15) is 9.59 Å². The van der Waals surface area contributed by atoms with E-state index in [0.717, 1.165) is 0 Å². The molecule has 98 valence electrons. The first-order valence-electron chi connectivity index (χ1n) is 6.13. The molecule has 5 heteroatoms. The number of carbonyl (C=O) groups is 2. The minimum atomic E-state index is -0.553. The molecule has 0 aromatic carbocycles. The third-order valence-electron chi connectivity index (χ3n) is 4.17. The molecule has 0 aromatic heterocycles. The van der Waals surface area contributed by atoms with Crippen molar-refractivity contribution in [2.75, 3.05) is 6.61 Å². The van der Waals surface area contributed by atoms with Gasteiger partial charge in [-0.05, 0) is 13.8 Å². The highest BCUT2D eigenvalue weighted by molar-refractivity contribution is 5.87. The van der Waals surface area contributed by atoms with Crippen molar-refractivity contribution < 1.29 is 23.8 Å². The standard InChI is InChI=1S/C13H16O5/c1-6(2)11(14)17-8-4-13(3)9-7(10(8)18-13)5-16-12(9)15/h7-10H,1,4-5H2,2-3H3. The van der Waals surface area contributed by atoms with Crippen molar-refractivity contribution in [3.63, 3.8) is 0 Å². The summed E-state index contributed by atoms with van der Waals surface area (Å²) in [6, 6.07) is 0. The second-order valence-electron chi connectivity index (χ2n) is 5.59. The molecule has 0 spiro atoms. The molecule has 3 rings (SSSR count). The Bertz CT molecular complexity index is 443. The molecule has 3 heterocycles. The van der Waals surface area contributed by atoms with Crippen molar-refractivity contribution in [2.45, 2.75) is 38.1 Å². The zero-order valence-corrected chi connectivity index (χ0v) is 10.5. The molecule has 0 radical (unpaired) electrons. The molecule has 0 aromatic rings. The van der Waals surface area contributed by atoms with Crippen LogP contribution in [0.4, 0.5) is 0 Å². The van der Waals surface area contributed by atoms with E-state index >= 15 is 0 Å². The van der Waals surface area contributed by atoms with E-state index in [4.69, 9.17) is 14.2 Å². The second kappa shape index (κ2) is 3.57. The van der Waals surface area contributed by atoms with E-state index in [1.165, 1.54) is 0 Å². The number of ether oxygens (including phenoxy) is 3. The van der Waals surface area contributed by atoms with E-state index in [0.29, 0.717) is 18.6 Å². The van der Waals surface area contributed by atoms with Gasteiger partial charge in [0.15, 0.2) is 0 Å². The van der Waals surface area contributed by atoms with E-state index in [1.807, 2.05) is 6.92 Å². The Labute approximate surface area is 105 Å². The zero-order chi connectivity index (χ0) is 13.1. The highest BCUT2D eigenvalue weighted by atomic mass is 16.6. The van der Waals surface area contributed by atoms with Gasteiger partial charge >= 0.3 is 11.9 Å². The summed E-state index contributed by atoms with van der Waals surface area (Å²) in [5, 5.41) is 0. The Kier molecular flexibility index (Phi) is 2.32. The summed E-state index contributed by atoms with van der Waals surface area (Å²) in [5.74, 6) is -0.780. The second-order valence-corrected chi connectivity index (χ2v) is 5.59. The lowest BCUT2D eigenvalue weighted by Crippen LogP contribution is -2.43. The van der Waals surface area contributed by atoms with E-state index in [2.05, 4.69) is 6.58 Å². The third-order valence-corrected chi connectivity index (χ3v) is 4.17. The normalized spacial score (nSPS) is 44.7. The first-order chi connectivity index (χ1) is 8.42. The molecule has 3 aliphatic heterocycles. The van der Waals surface area contributed by atoms with Gasteiger partial charge in [-0.1, -0.05) is 6.58 Å². The topological polar surface area (TPSA) is 61.8 Å². The van der Waals surface area contributed by atoms with Gasteiger partial charge in [-0.15, -0.1) is 0 Å². The van der Waals surface area contributed by atoms with Gasteiger partial charge in [0.1, 0.15) is 12.2 Å². The Morgan fingerprint density at radius 3 is 2.94 bits per heavy atom. The van der Waals surface area contributed by atoms with Gasteiger partial charge in [-0.25, -0.2) is 4.79 Å². The number of hydrogen-bond acceptors (Lipinski definition) is 5.